The fourth-order valence-electron chi connectivity index (χ4n) is 21.1. The molecule has 16 rings (SSSR count). The molecule has 4 aliphatic carbocycles. The average Bonchev–Trinajstić information content (AvgIpc) is 1.69. The van der Waals surface area contributed by atoms with Crippen molar-refractivity contribution in [3.63, 3.8) is 0 Å². The molecule has 0 radical (unpaired) electrons. The van der Waals surface area contributed by atoms with Crippen LogP contribution in [0, 0.1) is 87.8 Å². The Kier molecular flexibility index (Phi) is 22.8. The van der Waals surface area contributed by atoms with Gasteiger partial charge >= 0.3 is 0 Å². The van der Waals surface area contributed by atoms with Gasteiger partial charge in [-0.2, -0.15) is 0 Å². The molecule has 0 bridgehead atoms. The molecule has 120 heavy (non-hydrogen) atoms. The number of fused-ring (bicyclic) bond motifs is 12. The van der Waals surface area contributed by atoms with Crippen LogP contribution in [0.1, 0.15) is 299 Å². The van der Waals surface area contributed by atoms with E-state index in [1.165, 1.54) is 0 Å². The summed E-state index contributed by atoms with van der Waals surface area (Å²) in [6.45, 7) is 17.6. The largest absolute Gasteiger partial charge is 0.269 e. The van der Waals surface area contributed by atoms with Crippen LogP contribution in [0.3, 0.4) is 0 Å². The van der Waals surface area contributed by atoms with Gasteiger partial charge in [-0.15, -0.1) is 0 Å². The number of nitro benzene ring substituents is 4. The van der Waals surface area contributed by atoms with E-state index in [1.807, 2.05) is 48.5 Å². The van der Waals surface area contributed by atoms with Gasteiger partial charge in [-0.25, -0.2) is 0 Å². The quantitative estimate of drug-likeness (QED) is 0.0202. The lowest BCUT2D eigenvalue weighted by atomic mass is 9.70. The predicted molar refractivity (Wildman–Crippen MR) is 488 cm³/mol. The number of rotatable bonds is 28. The highest BCUT2D eigenvalue weighted by Crippen LogP contribution is 2.60. The lowest BCUT2D eigenvalue weighted by Gasteiger charge is -2.32. The van der Waals surface area contributed by atoms with E-state index in [4.69, 9.17) is 0 Å². The number of hydrogen-bond acceptors (Lipinski definition) is 8. The molecule has 0 saturated heterocycles. The summed E-state index contributed by atoms with van der Waals surface area (Å²) in [7, 11) is 0. The molecule has 0 N–H and O–H groups in total. The predicted octanol–water partition coefficient (Wildman–Crippen LogP) is 28.4. The number of benzene rings is 12. The third-order valence-electron chi connectivity index (χ3n) is 27.1. The van der Waals surface area contributed by atoms with Gasteiger partial charge in [0, 0.05) is 115 Å². The maximum absolute atomic E-state index is 12.5. The van der Waals surface area contributed by atoms with Gasteiger partial charge < -0.3 is 0 Å². The van der Waals surface area contributed by atoms with Crippen LogP contribution in [-0.4, -0.2) is 19.7 Å². The topological polar surface area (TPSA) is 173 Å². The van der Waals surface area contributed by atoms with Gasteiger partial charge in [-0.1, -0.05) is 254 Å². The molecule has 0 amide bonds. The van der Waals surface area contributed by atoms with Crippen molar-refractivity contribution in [1.82, 2.24) is 0 Å². The summed E-state index contributed by atoms with van der Waals surface area (Å²) in [4.78, 5) is 49.1. The average molecular weight is 1580 g/mol. The van der Waals surface area contributed by atoms with Gasteiger partial charge in [-0.05, 0) is 258 Å². The van der Waals surface area contributed by atoms with E-state index in [2.05, 4.69) is 212 Å². The van der Waals surface area contributed by atoms with E-state index >= 15 is 0 Å². The first-order valence-electron chi connectivity index (χ1n) is 44.0. The summed E-state index contributed by atoms with van der Waals surface area (Å²) in [5.41, 5.74) is 22.2. The second-order valence-electron chi connectivity index (χ2n) is 34.2. The van der Waals surface area contributed by atoms with E-state index < -0.39 is 21.7 Å². The lowest BCUT2D eigenvalue weighted by molar-refractivity contribution is -0.385. The fourth-order valence-corrected chi connectivity index (χ4v) is 21.1. The number of unbranched alkanes of at least 4 members (excludes halogenated alkanes) is 8. The zero-order valence-electron chi connectivity index (χ0n) is 70.3. The second kappa shape index (κ2) is 33.7. The Hall–Kier alpha value is -12.5. The molecule has 0 saturated carbocycles. The van der Waals surface area contributed by atoms with E-state index in [1.54, 1.807) is 24.3 Å². The van der Waals surface area contributed by atoms with Crippen molar-refractivity contribution in [2.75, 3.05) is 0 Å². The molecule has 0 fully saturated rings. The molecule has 0 unspecified atom stereocenters. The first kappa shape index (κ1) is 81.3. The molecule has 602 valence electrons. The van der Waals surface area contributed by atoms with Crippen molar-refractivity contribution in [1.29, 1.82) is 0 Å². The molecule has 12 heteroatoms. The van der Waals surface area contributed by atoms with Gasteiger partial charge in [0.2, 0.25) is 0 Å². The van der Waals surface area contributed by atoms with Crippen LogP contribution in [-0.2, 0) is 21.7 Å². The molecule has 0 aromatic heterocycles. The zero-order valence-corrected chi connectivity index (χ0v) is 70.3. The van der Waals surface area contributed by atoms with Crippen LogP contribution < -0.4 is 0 Å². The third-order valence-corrected chi connectivity index (χ3v) is 27.1. The van der Waals surface area contributed by atoms with Crippen molar-refractivity contribution in [3.05, 3.63) is 311 Å². The highest BCUT2D eigenvalue weighted by molar-refractivity contribution is 6.27. The first-order valence-corrected chi connectivity index (χ1v) is 44.0. The summed E-state index contributed by atoms with van der Waals surface area (Å²) >= 11 is 0. The molecule has 12 aromatic rings. The van der Waals surface area contributed by atoms with E-state index in [-0.39, 0.29) is 42.4 Å². The molecular formula is C108H102N4O8. The van der Waals surface area contributed by atoms with Crippen LogP contribution in [0.5, 0.6) is 0 Å². The number of non-ortho nitro benzene ring substituents is 4. The third kappa shape index (κ3) is 14.1. The minimum absolute atomic E-state index is 0.0951. The monoisotopic (exact) mass is 1580 g/mol. The Morgan fingerprint density at radius 3 is 0.575 bits per heavy atom. The highest BCUT2D eigenvalue weighted by atomic mass is 16.6. The highest BCUT2D eigenvalue weighted by Gasteiger charge is 2.48. The minimum Gasteiger partial charge on any atom is -0.258 e. The molecule has 12 aromatic carbocycles. The van der Waals surface area contributed by atoms with Crippen LogP contribution in [0.2, 0.25) is 0 Å². The molecule has 4 aliphatic rings. The Labute approximate surface area is 705 Å². The molecule has 0 aliphatic heterocycles. The van der Waals surface area contributed by atoms with Crippen LogP contribution in [0.25, 0.3) is 76.8 Å². The molecular weight excluding hydrogens is 1480 g/mol. The van der Waals surface area contributed by atoms with Crippen molar-refractivity contribution in [2.45, 2.75) is 231 Å². The van der Waals surface area contributed by atoms with Crippen LogP contribution >= 0.6 is 0 Å². The summed E-state index contributed by atoms with van der Waals surface area (Å²) in [5.74, 6) is 30.1. The first-order chi connectivity index (χ1) is 58.3. The van der Waals surface area contributed by atoms with Crippen molar-refractivity contribution < 1.29 is 19.7 Å². The Balaban J connectivity index is 0.930. The Morgan fingerprint density at radius 2 is 0.400 bits per heavy atom. The summed E-state index contributed by atoms with van der Waals surface area (Å²) in [5, 5.41) is 55.8. The van der Waals surface area contributed by atoms with Gasteiger partial charge in [0.15, 0.2) is 0 Å². The Bertz CT molecular complexity index is 5650. The fraction of sp³-hybridized carbons (Fsp3) is 0.333. The number of nitro groups is 4. The van der Waals surface area contributed by atoms with Gasteiger partial charge in [0.1, 0.15) is 0 Å². The normalized spacial score (nSPS) is 13.9. The van der Waals surface area contributed by atoms with E-state index in [0.29, 0.717) is 0 Å². The summed E-state index contributed by atoms with van der Waals surface area (Å²) in [6, 6.07) is 60.7. The van der Waals surface area contributed by atoms with Gasteiger partial charge in [0.05, 0.1) is 19.7 Å². The van der Waals surface area contributed by atoms with Gasteiger partial charge in [-0.3, -0.25) is 40.5 Å². The minimum atomic E-state index is -0.446. The van der Waals surface area contributed by atoms with Crippen molar-refractivity contribution >= 4 is 55.1 Å². The standard InChI is InChI=1S/C108H102N4O8/c1-9-17-53-105(54-18-10-2)95-61-71(29-41-87(95)91-45-37-79(109(113)114)67-99(91)105)25-33-75-65-76(34-26-72-30-42-88-92-46-38-80(110(115)116)68-100(92)106(55-19-11-3,56-20-12-4)96(88)62-72)84-51-52-86-78(36-28-74-32-44-90-94-48-40-82(112(119)120)70-102(94)108(59-23-15-7,60-24-16-8)98(90)64-74)66-77(85-50-49-83(75)103(84)104(85)86)35-27-73-31-43-89-93-47-39-81(111(117)118)69-101(93)107(57-21-13-5,58-22-14-6)97(89)63-73/h29-32,37-52,61-70H,9-24,53-60H2,1-8H3. The number of nitrogens with zero attached hydrogens (tertiary/aromatic N) is 4. The zero-order chi connectivity index (χ0) is 83.8. The maximum Gasteiger partial charge on any atom is 0.269 e. The molecule has 0 spiro atoms. The van der Waals surface area contributed by atoms with Gasteiger partial charge in [0.25, 0.3) is 22.7 Å². The molecule has 0 atom stereocenters. The summed E-state index contributed by atoms with van der Waals surface area (Å²) < 4.78 is 0. The van der Waals surface area contributed by atoms with Crippen molar-refractivity contribution in [2.24, 2.45) is 0 Å². The molecule has 12 nitrogen and oxygen atoms in total. The smallest absolute Gasteiger partial charge is 0.258 e. The summed E-state index contributed by atoms with van der Waals surface area (Å²) in [6.07, 6.45) is 22.2. The van der Waals surface area contributed by atoms with Crippen LogP contribution in [0.15, 0.2) is 182 Å². The second-order valence-corrected chi connectivity index (χ2v) is 34.2. The lowest BCUT2D eigenvalue weighted by Crippen LogP contribution is -2.25. The Morgan fingerprint density at radius 1 is 0.225 bits per heavy atom. The SMILES string of the molecule is CCCCC1(CCCC)c2cc(C#Cc3cc(C#Cc4ccc5c(c4)C(CCCC)(CCCC)c4cc([N+](=O)[O-])ccc4-5)c4ccc5c(C#Cc6ccc7c(c6)C(CCCC)(CCCC)c6cc([N+](=O)[O-])ccc6-7)cc(C#Cc6ccc7c(c6)C(CCCC)(CCCC)c6cc([N+](=O)[O-])ccc6-7)c6ccc3c4c65)ccc2-c2ccc([N+](=O)[O-])cc21. The maximum atomic E-state index is 12.5. The van der Waals surface area contributed by atoms with E-state index in [0.717, 1.165) is 320 Å². The van der Waals surface area contributed by atoms with E-state index in [9.17, 15) is 40.5 Å². The molecule has 0 heterocycles. The van der Waals surface area contributed by atoms with Crippen LogP contribution in [0.4, 0.5) is 22.7 Å². The van der Waals surface area contributed by atoms with Crippen molar-refractivity contribution in [3.8, 4) is 91.9 Å². The number of hydrogen-bond donors (Lipinski definition) is 0.